The second-order valence-electron chi connectivity index (χ2n) is 6.65. The summed E-state index contributed by atoms with van der Waals surface area (Å²) in [5.41, 5.74) is 1.63. The number of nitrogens with one attached hydrogen (secondary N) is 1. The molecule has 1 heterocycles. The summed E-state index contributed by atoms with van der Waals surface area (Å²) in [6.45, 7) is 1.01. The molecule has 2 aromatic rings. The molecular formula is C21H23ClN2O4. The van der Waals surface area contributed by atoms with Crippen molar-refractivity contribution in [1.82, 2.24) is 4.90 Å². The van der Waals surface area contributed by atoms with E-state index in [0.717, 1.165) is 6.42 Å². The lowest BCUT2D eigenvalue weighted by Gasteiger charge is -2.17. The number of methoxy groups -OCH3 is 2. The third-order valence-electron chi connectivity index (χ3n) is 4.83. The van der Waals surface area contributed by atoms with E-state index in [1.165, 1.54) is 19.8 Å². The van der Waals surface area contributed by atoms with Crippen LogP contribution in [0.25, 0.3) is 0 Å². The molecule has 0 unspecified atom stereocenters. The van der Waals surface area contributed by atoms with Gasteiger partial charge >= 0.3 is 0 Å². The quantitative estimate of drug-likeness (QED) is 0.770. The van der Waals surface area contributed by atoms with E-state index in [2.05, 4.69) is 5.32 Å². The lowest BCUT2D eigenvalue weighted by Crippen LogP contribution is -2.30. The van der Waals surface area contributed by atoms with E-state index in [9.17, 15) is 9.59 Å². The zero-order valence-corrected chi connectivity index (χ0v) is 16.7. The number of carbonyl (C=O) groups excluding carboxylic acids is 2. The molecule has 0 spiro atoms. The molecule has 0 saturated carbocycles. The Bertz CT molecular complexity index is 857. The zero-order valence-electron chi connectivity index (χ0n) is 15.9. The fraction of sp³-hybridized carbons (Fsp3) is 0.333. The van der Waals surface area contributed by atoms with E-state index in [1.54, 1.807) is 17.0 Å². The number of hydrogen-bond acceptors (Lipinski definition) is 4. The lowest BCUT2D eigenvalue weighted by molar-refractivity contribution is -0.128. The largest absolute Gasteiger partial charge is 0.495 e. The van der Waals surface area contributed by atoms with Gasteiger partial charge in [0.25, 0.3) is 0 Å². The number of rotatable bonds is 7. The van der Waals surface area contributed by atoms with Crippen LogP contribution in [0.2, 0.25) is 5.02 Å². The van der Waals surface area contributed by atoms with Gasteiger partial charge in [0.05, 0.1) is 30.8 Å². The standard InChI is InChI=1S/C21H23ClN2O4/c1-27-18-12-17(19(28-2)11-16(18)22)23-21(26)15-10-20(25)24(13-15)9-8-14-6-4-3-5-7-14/h3-7,11-12,15H,8-10,13H2,1-2H3,(H,23,26)/t15-/m0/s1. The van der Waals surface area contributed by atoms with E-state index < -0.39 is 5.92 Å². The third-order valence-corrected chi connectivity index (χ3v) is 5.13. The van der Waals surface area contributed by atoms with E-state index in [4.69, 9.17) is 21.1 Å². The van der Waals surface area contributed by atoms with Gasteiger partial charge in [-0.2, -0.15) is 0 Å². The monoisotopic (exact) mass is 402 g/mol. The van der Waals surface area contributed by atoms with Crippen LogP contribution in [0.4, 0.5) is 5.69 Å². The van der Waals surface area contributed by atoms with Crippen LogP contribution in [0, 0.1) is 5.92 Å². The van der Waals surface area contributed by atoms with Crippen molar-refractivity contribution in [2.75, 3.05) is 32.6 Å². The first-order chi connectivity index (χ1) is 13.5. The summed E-state index contributed by atoms with van der Waals surface area (Å²) in [6, 6.07) is 13.2. The minimum atomic E-state index is -0.408. The highest BCUT2D eigenvalue weighted by Gasteiger charge is 2.34. The Balaban J connectivity index is 1.63. The van der Waals surface area contributed by atoms with Crippen molar-refractivity contribution >= 4 is 29.1 Å². The smallest absolute Gasteiger partial charge is 0.229 e. The molecule has 2 aromatic carbocycles. The summed E-state index contributed by atoms with van der Waals surface area (Å²) in [5.74, 6) is 0.235. The summed E-state index contributed by atoms with van der Waals surface area (Å²) in [4.78, 5) is 26.8. The van der Waals surface area contributed by atoms with Gasteiger partial charge in [-0.15, -0.1) is 0 Å². The Morgan fingerprint density at radius 1 is 1.18 bits per heavy atom. The van der Waals surface area contributed by atoms with Crippen molar-refractivity contribution in [2.45, 2.75) is 12.8 Å². The molecular weight excluding hydrogens is 380 g/mol. The van der Waals surface area contributed by atoms with Crippen LogP contribution < -0.4 is 14.8 Å². The van der Waals surface area contributed by atoms with Crippen molar-refractivity contribution in [3.8, 4) is 11.5 Å². The maximum absolute atomic E-state index is 12.7. The van der Waals surface area contributed by atoms with Crippen LogP contribution in [0.5, 0.6) is 11.5 Å². The molecule has 1 N–H and O–H groups in total. The molecule has 6 nitrogen and oxygen atoms in total. The van der Waals surface area contributed by atoms with Crippen molar-refractivity contribution in [1.29, 1.82) is 0 Å². The average Bonchev–Trinajstić information content (AvgIpc) is 3.09. The fourth-order valence-electron chi connectivity index (χ4n) is 3.27. The van der Waals surface area contributed by atoms with Gasteiger partial charge in [-0.3, -0.25) is 9.59 Å². The van der Waals surface area contributed by atoms with Gasteiger partial charge in [0.1, 0.15) is 11.5 Å². The highest BCUT2D eigenvalue weighted by atomic mass is 35.5. The molecule has 1 atom stereocenters. The fourth-order valence-corrected chi connectivity index (χ4v) is 3.50. The summed E-state index contributed by atoms with van der Waals surface area (Å²) >= 11 is 6.10. The number of benzene rings is 2. The summed E-state index contributed by atoms with van der Waals surface area (Å²) in [5, 5.41) is 3.23. The number of ether oxygens (including phenoxy) is 2. The first kappa shape index (κ1) is 20.0. The molecule has 1 saturated heterocycles. The molecule has 1 fully saturated rings. The molecule has 7 heteroatoms. The minimum absolute atomic E-state index is 0.00303. The second kappa shape index (κ2) is 8.97. The molecule has 0 bridgehead atoms. The Hall–Kier alpha value is -2.73. The van der Waals surface area contributed by atoms with E-state index in [1.807, 2.05) is 30.3 Å². The summed E-state index contributed by atoms with van der Waals surface area (Å²) in [6.07, 6.45) is 0.969. The van der Waals surface area contributed by atoms with Gasteiger partial charge in [0.15, 0.2) is 0 Å². The van der Waals surface area contributed by atoms with Crippen LogP contribution >= 0.6 is 11.6 Å². The van der Waals surface area contributed by atoms with Gasteiger partial charge in [-0.25, -0.2) is 0 Å². The predicted octanol–water partition coefficient (Wildman–Crippen LogP) is 3.39. The van der Waals surface area contributed by atoms with E-state index in [0.29, 0.717) is 35.3 Å². The first-order valence-electron chi connectivity index (χ1n) is 9.06. The van der Waals surface area contributed by atoms with Crippen molar-refractivity contribution in [3.05, 3.63) is 53.1 Å². The van der Waals surface area contributed by atoms with Crippen LogP contribution in [0.3, 0.4) is 0 Å². The number of likely N-dealkylation sites (tertiary alicyclic amines) is 1. The van der Waals surface area contributed by atoms with Crippen LogP contribution in [-0.4, -0.2) is 44.0 Å². The predicted molar refractivity (Wildman–Crippen MR) is 108 cm³/mol. The molecule has 148 valence electrons. The molecule has 0 aromatic heterocycles. The van der Waals surface area contributed by atoms with Crippen molar-refractivity contribution < 1.29 is 19.1 Å². The SMILES string of the molecule is COc1cc(NC(=O)[C@H]2CC(=O)N(CCc3ccccc3)C2)c(OC)cc1Cl. The normalized spacial score (nSPS) is 16.2. The number of hydrogen-bond donors (Lipinski definition) is 1. The highest BCUT2D eigenvalue weighted by Crippen LogP contribution is 2.36. The van der Waals surface area contributed by atoms with Gasteiger partial charge < -0.3 is 19.7 Å². The molecule has 1 aliphatic rings. The molecule has 0 aliphatic carbocycles. The Morgan fingerprint density at radius 2 is 1.89 bits per heavy atom. The first-order valence-corrected chi connectivity index (χ1v) is 9.43. The van der Waals surface area contributed by atoms with Gasteiger partial charge in [0, 0.05) is 31.6 Å². The van der Waals surface area contributed by atoms with Crippen LogP contribution in [-0.2, 0) is 16.0 Å². The average molecular weight is 403 g/mol. The van der Waals surface area contributed by atoms with E-state index in [-0.39, 0.29) is 18.2 Å². The third kappa shape index (κ3) is 4.57. The number of anilines is 1. The molecule has 2 amide bonds. The van der Waals surface area contributed by atoms with E-state index >= 15 is 0 Å². The van der Waals surface area contributed by atoms with Crippen LogP contribution in [0.1, 0.15) is 12.0 Å². The topological polar surface area (TPSA) is 67.9 Å². The van der Waals surface area contributed by atoms with Crippen molar-refractivity contribution in [3.63, 3.8) is 0 Å². The summed E-state index contributed by atoms with van der Waals surface area (Å²) < 4.78 is 10.5. The molecule has 3 rings (SSSR count). The lowest BCUT2D eigenvalue weighted by atomic mass is 10.1. The van der Waals surface area contributed by atoms with Gasteiger partial charge in [-0.05, 0) is 12.0 Å². The maximum atomic E-state index is 12.7. The number of nitrogens with zero attached hydrogens (tertiary/aromatic N) is 1. The Labute approximate surface area is 169 Å². The van der Waals surface area contributed by atoms with Gasteiger partial charge in [-0.1, -0.05) is 41.9 Å². The summed E-state index contributed by atoms with van der Waals surface area (Å²) in [7, 11) is 3.00. The zero-order chi connectivity index (χ0) is 20.1. The van der Waals surface area contributed by atoms with Gasteiger partial charge in [0.2, 0.25) is 11.8 Å². The highest BCUT2D eigenvalue weighted by molar-refractivity contribution is 6.32. The maximum Gasteiger partial charge on any atom is 0.229 e. The number of halogens is 1. The number of carbonyl (C=O) groups is 2. The minimum Gasteiger partial charge on any atom is -0.495 e. The Kier molecular flexibility index (Phi) is 6.41. The van der Waals surface area contributed by atoms with Crippen molar-refractivity contribution in [2.24, 2.45) is 5.92 Å². The Morgan fingerprint density at radius 3 is 2.57 bits per heavy atom. The molecule has 28 heavy (non-hydrogen) atoms. The van der Waals surface area contributed by atoms with Crippen LogP contribution in [0.15, 0.2) is 42.5 Å². The molecule has 0 radical (unpaired) electrons. The molecule has 1 aliphatic heterocycles. The number of amides is 2. The second-order valence-corrected chi connectivity index (χ2v) is 7.06.